The van der Waals surface area contributed by atoms with Crippen molar-refractivity contribution in [3.8, 4) is 0 Å². The quantitative estimate of drug-likeness (QED) is 0.655. The van der Waals surface area contributed by atoms with Crippen LogP contribution in [0, 0.1) is 0 Å². The maximum Gasteiger partial charge on any atom is 0.227 e. The first-order chi connectivity index (χ1) is 11.6. The third-order valence-corrected chi connectivity index (χ3v) is 5.55. The second kappa shape index (κ2) is 7.64. The summed E-state index contributed by atoms with van der Waals surface area (Å²) in [5.74, 6) is -0.996. The Kier molecular flexibility index (Phi) is 5.54. The van der Waals surface area contributed by atoms with Crippen molar-refractivity contribution in [2.24, 2.45) is 5.73 Å². The molecule has 0 spiro atoms. The number of carbonyl (C=O) groups excluding carboxylic acids is 1. The van der Waals surface area contributed by atoms with Crippen LogP contribution in [0.5, 0.6) is 0 Å². The number of benzene rings is 1. The molecule has 2 aliphatic rings. The van der Waals surface area contributed by atoms with E-state index in [1.54, 1.807) is 0 Å². The molecule has 1 aliphatic heterocycles. The number of nitrogens with one attached hydrogen (secondary N) is 1. The summed E-state index contributed by atoms with van der Waals surface area (Å²) in [6.07, 6.45) is 3.65. The molecule has 1 amide bonds. The van der Waals surface area contributed by atoms with E-state index in [9.17, 15) is 9.90 Å². The van der Waals surface area contributed by atoms with Gasteiger partial charge < -0.3 is 21.1 Å². The maximum atomic E-state index is 11.6. The van der Waals surface area contributed by atoms with E-state index in [0.29, 0.717) is 6.42 Å². The molecule has 3 rings (SSSR count). The molecular weight excluding hydrogens is 302 g/mol. The van der Waals surface area contributed by atoms with Crippen LogP contribution >= 0.6 is 0 Å². The van der Waals surface area contributed by atoms with E-state index in [0.717, 1.165) is 42.4 Å². The number of hydrogen-bond acceptors (Lipinski definition) is 4. The van der Waals surface area contributed by atoms with E-state index >= 15 is 0 Å². The minimum absolute atomic E-state index is 0.438. The fourth-order valence-corrected chi connectivity index (χ4v) is 4.26. The number of amides is 1. The molecule has 132 valence electrons. The Hall–Kier alpha value is -1.43. The molecule has 3 atom stereocenters. The topological polar surface area (TPSA) is 78.6 Å². The molecule has 4 N–H and O–H groups in total. The van der Waals surface area contributed by atoms with Crippen molar-refractivity contribution in [2.75, 3.05) is 19.6 Å². The van der Waals surface area contributed by atoms with Gasteiger partial charge in [-0.25, -0.2) is 0 Å². The van der Waals surface area contributed by atoms with Crippen LogP contribution < -0.4 is 11.1 Å². The standard InChI is InChI=1S/C19H29N3O2/c1-2-22-9-3-4-15(22)7-8-21-12-13-5-6-14-11-17(23)18(19(20)24)16(14)10-13/h5-6,10,15,17-18,21,23H,2-4,7-9,11-12H2,1H3,(H2,20,24)/t15-,17-,18?/m1/s1. The first-order valence-corrected chi connectivity index (χ1v) is 9.14. The van der Waals surface area contributed by atoms with E-state index in [-0.39, 0.29) is 0 Å². The normalized spacial score (nSPS) is 26.7. The number of fused-ring (bicyclic) bond motifs is 1. The Bertz CT molecular complexity index is 590. The molecule has 24 heavy (non-hydrogen) atoms. The Morgan fingerprint density at radius 1 is 1.46 bits per heavy atom. The molecule has 1 aromatic rings. The number of primary amides is 1. The van der Waals surface area contributed by atoms with Crippen molar-refractivity contribution in [1.29, 1.82) is 0 Å². The largest absolute Gasteiger partial charge is 0.392 e. The molecule has 0 saturated carbocycles. The van der Waals surface area contributed by atoms with Crippen LogP contribution in [-0.4, -0.2) is 47.7 Å². The SMILES string of the molecule is CCN1CCC[C@@H]1CCNCc1ccc2c(c1)C(C(N)=O)[C@H](O)C2. The van der Waals surface area contributed by atoms with Crippen molar-refractivity contribution < 1.29 is 9.90 Å². The predicted octanol–water partition coefficient (Wildman–Crippen LogP) is 1.14. The van der Waals surface area contributed by atoms with Gasteiger partial charge in [-0.05, 0) is 62.0 Å². The van der Waals surface area contributed by atoms with Gasteiger partial charge in [0, 0.05) is 12.6 Å². The van der Waals surface area contributed by atoms with Crippen LogP contribution in [0.25, 0.3) is 0 Å². The number of nitrogens with zero attached hydrogens (tertiary/aromatic N) is 1. The van der Waals surface area contributed by atoms with Gasteiger partial charge in [0.2, 0.25) is 5.91 Å². The van der Waals surface area contributed by atoms with Gasteiger partial charge in [-0.3, -0.25) is 4.79 Å². The second-order valence-corrected chi connectivity index (χ2v) is 7.07. The van der Waals surface area contributed by atoms with Gasteiger partial charge in [0.05, 0.1) is 12.0 Å². The number of hydrogen-bond donors (Lipinski definition) is 3. The molecule has 1 fully saturated rings. The Morgan fingerprint density at radius 2 is 2.29 bits per heavy atom. The minimum atomic E-state index is -0.678. The molecule has 1 aromatic carbocycles. The molecular formula is C19H29N3O2. The van der Waals surface area contributed by atoms with Gasteiger partial charge in [-0.15, -0.1) is 0 Å². The van der Waals surface area contributed by atoms with Crippen LogP contribution in [-0.2, 0) is 17.8 Å². The summed E-state index contributed by atoms with van der Waals surface area (Å²) in [4.78, 5) is 14.2. The molecule has 0 aromatic heterocycles. The molecule has 5 heteroatoms. The van der Waals surface area contributed by atoms with Crippen LogP contribution in [0.3, 0.4) is 0 Å². The lowest BCUT2D eigenvalue weighted by Crippen LogP contribution is -2.32. The van der Waals surface area contributed by atoms with Crippen LogP contribution in [0.15, 0.2) is 18.2 Å². The van der Waals surface area contributed by atoms with Crippen molar-refractivity contribution >= 4 is 5.91 Å². The summed E-state index contributed by atoms with van der Waals surface area (Å²) < 4.78 is 0. The van der Waals surface area contributed by atoms with Gasteiger partial charge in [0.1, 0.15) is 0 Å². The highest BCUT2D eigenvalue weighted by molar-refractivity contribution is 5.84. The zero-order chi connectivity index (χ0) is 17.1. The van der Waals surface area contributed by atoms with Crippen molar-refractivity contribution in [1.82, 2.24) is 10.2 Å². The Labute approximate surface area is 144 Å². The molecule has 0 bridgehead atoms. The molecule has 1 aliphatic carbocycles. The third-order valence-electron chi connectivity index (χ3n) is 5.55. The highest BCUT2D eigenvalue weighted by atomic mass is 16.3. The fourth-order valence-electron chi connectivity index (χ4n) is 4.26. The van der Waals surface area contributed by atoms with Gasteiger partial charge >= 0.3 is 0 Å². The highest BCUT2D eigenvalue weighted by Crippen LogP contribution is 2.33. The van der Waals surface area contributed by atoms with Gasteiger partial charge in [0.25, 0.3) is 0 Å². The van der Waals surface area contributed by atoms with E-state index in [4.69, 9.17) is 5.73 Å². The summed E-state index contributed by atoms with van der Waals surface area (Å²) >= 11 is 0. The summed E-state index contributed by atoms with van der Waals surface area (Å²) in [6, 6.07) is 6.85. The minimum Gasteiger partial charge on any atom is -0.392 e. The van der Waals surface area contributed by atoms with Crippen LogP contribution in [0.4, 0.5) is 0 Å². The van der Waals surface area contributed by atoms with Gasteiger partial charge in [0.15, 0.2) is 0 Å². The zero-order valence-corrected chi connectivity index (χ0v) is 14.5. The van der Waals surface area contributed by atoms with E-state index in [2.05, 4.69) is 23.2 Å². The molecule has 1 saturated heterocycles. The Balaban J connectivity index is 1.53. The molecule has 0 radical (unpaired) electrons. The predicted molar refractivity (Wildman–Crippen MR) is 94.7 cm³/mol. The van der Waals surface area contributed by atoms with Crippen molar-refractivity contribution in [2.45, 2.75) is 57.2 Å². The summed E-state index contributed by atoms with van der Waals surface area (Å²) in [5.41, 5.74) is 8.54. The smallest absolute Gasteiger partial charge is 0.227 e. The van der Waals surface area contributed by atoms with Crippen LogP contribution in [0.2, 0.25) is 0 Å². The number of nitrogens with two attached hydrogens (primary N) is 1. The van der Waals surface area contributed by atoms with E-state index in [1.807, 2.05) is 12.1 Å². The lowest BCUT2D eigenvalue weighted by Gasteiger charge is -2.22. The third kappa shape index (κ3) is 3.63. The zero-order valence-electron chi connectivity index (χ0n) is 14.5. The van der Waals surface area contributed by atoms with Gasteiger partial charge in [-0.1, -0.05) is 25.1 Å². The number of likely N-dealkylation sites (tertiary alicyclic amines) is 1. The Morgan fingerprint density at radius 3 is 3.04 bits per heavy atom. The number of rotatable bonds is 7. The summed E-state index contributed by atoms with van der Waals surface area (Å²) in [5, 5.41) is 13.5. The average Bonchev–Trinajstić information content (AvgIpc) is 3.13. The van der Waals surface area contributed by atoms with Gasteiger partial charge in [-0.2, -0.15) is 0 Å². The van der Waals surface area contributed by atoms with Crippen molar-refractivity contribution in [3.63, 3.8) is 0 Å². The number of aliphatic hydroxyl groups is 1. The fraction of sp³-hybridized carbons (Fsp3) is 0.632. The molecule has 5 nitrogen and oxygen atoms in total. The first-order valence-electron chi connectivity index (χ1n) is 9.14. The first kappa shape index (κ1) is 17.4. The van der Waals surface area contributed by atoms with E-state index < -0.39 is 17.9 Å². The summed E-state index contributed by atoms with van der Waals surface area (Å²) in [7, 11) is 0. The van der Waals surface area contributed by atoms with E-state index in [1.165, 1.54) is 25.8 Å². The second-order valence-electron chi connectivity index (χ2n) is 7.07. The van der Waals surface area contributed by atoms with Crippen molar-refractivity contribution in [3.05, 3.63) is 34.9 Å². The lowest BCUT2D eigenvalue weighted by atomic mass is 9.97. The highest BCUT2D eigenvalue weighted by Gasteiger charge is 2.35. The maximum absolute atomic E-state index is 11.6. The lowest BCUT2D eigenvalue weighted by molar-refractivity contribution is -0.121. The number of carbonyl (C=O) groups is 1. The van der Waals surface area contributed by atoms with Crippen LogP contribution in [0.1, 0.15) is 48.8 Å². The monoisotopic (exact) mass is 331 g/mol. The number of aliphatic hydroxyl groups excluding tert-OH is 1. The molecule has 1 heterocycles. The summed E-state index contributed by atoms with van der Waals surface area (Å²) in [6.45, 7) is 6.41. The molecule has 1 unspecified atom stereocenters. The average molecular weight is 331 g/mol.